The summed E-state index contributed by atoms with van der Waals surface area (Å²) in [7, 11) is 1.69. The van der Waals surface area contributed by atoms with E-state index in [0.717, 1.165) is 31.6 Å². The molecule has 0 spiro atoms. The first kappa shape index (κ1) is 14.7. The molecule has 0 aliphatic heterocycles. The van der Waals surface area contributed by atoms with Gasteiger partial charge in [0, 0.05) is 15.7 Å². The van der Waals surface area contributed by atoms with Crippen LogP contribution in [0.4, 0.5) is 0 Å². The first-order valence-corrected chi connectivity index (χ1v) is 7.76. The van der Waals surface area contributed by atoms with Gasteiger partial charge in [0.2, 0.25) is 0 Å². The highest BCUT2D eigenvalue weighted by molar-refractivity contribution is 8.00. The molecule has 1 aromatic carbocycles. The van der Waals surface area contributed by atoms with Gasteiger partial charge in [-0.05, 0) is 50.1 Å². The highest BCUT2D eigenvalue weighted by Gasteiger charge is 2.38. The van der Waals surface area contributed by atoms with Crippen LogP contribution in [0.1, 0.15) is 26.2 Å². The molecule has 106 valence electrons. The Labute approximate surface area is 119 Å². The minimum absolute atomic E-state index is 0.0567. The average Bonchev–Trinajstić information content (AvgIpc) is 2.84. The van der Waals surface area contributed by atoms with Gasteiger partial charge in [0.15, 0.2) is 0 Å². The van der Waals surface area contributed by atoms with E-state index in [1.165, 1.54) is 4.90 Å². The second-order valence-corrected chi connectivity index (χ2v) is 6.50. The Kier molecular flexibility index (Phi) is 5.13. The molecule has 1 aromatic rings. The number of aliphatic hydroxyl groups is 1. The molecule has 1 fully saturated rings. The van der Waals surface area contributed by atoms with Crippen LogP contribution in [-0.2, 0) is 0 Å². The zero-order valence-electron chi connectivity index (χ0n) is 11.7. The number of nitrogens with one attached hydrogen (secondary N) is 1. The van der Waals surface area contributed by atoms with Gasteiger partial charge < -0.3 is 15.2 Å². The molecule has 0 amide bonds. The highest BCUT2D eigenvalue weighted by Crippen LogP contribution is 2.40. The molecule has 2 rings (SSSR count). The smallest absolute Gasteiger partial charge is 0.118 e. The van der Waals surface area contributed by atoms with E-state index in [1.807, 2.05) is 23.9 Å². The number of hydrogen-bond donors (Lipinski definition) is 2. The van der Waals surface area contributed by atoms with Crippen molar-refractivity contribution in [2.24, 2.45) is 0 Å². The summed E-state index contributed by atoms with van der Waals surface area (Å²) < 4.78 is 5.17. The molecule has 1 aliphatic rings. The molecule has 0 saturated heterocycles. The number of hydrogen-bond acceptors (Lipinski definition) is 4. The fourth-order valence-electron chi connectivity index (χ4n) is 2.76. The van der Waals surface area contributed by atoms with Gasteiger partial charge in [0.1, 0.15) is 5.75 Å². The normalized spacial score (nSPS) is 26.6. The molecule has 2 unspecified atom stereocenters. The van der Waals surface area contributed by atoms with Gasteiger partial charge in [0.25, 0.3) is 0 Å². The predicted molar refractivity (Wildman–Crippen MR) is 80.0 cm³/mol. The van der Waals surface area contributed by atoms with Crippen LogP contribution >= 0.6 is 11.8 Å². The summed E-state index contributed by atoms with van der Waals surface area (Å²) in [5, 5.41) is 13.7. The molecule has 4 heteroatoms. The van der Waals surface area contributed by atoms with E-state index in [-0.39, 0.29) is 12.1 Å². The fraction of sp³-hybridized carbons (Fsp3) is 0.600. The van der Waals surface area contributed by atoms with Crippen molar-refractivity contribution >= 4 is 11.8 Å². The van der Waals surface area contributed by atoms with Crippen LogP contribution in [0.15, 0.2) is 29.2 Å². The van der Waals surface area contributed by atoms with Crippen molar-refractivity contribution in [1.82, 2.24) is 5.32 Å². The number of ether oxygens (including phenoxy) is 1. The lowest BCUT2D eigenvalue weighted by Crippen LogP contribution is -2.46. The number of rotatable bonds is 6. The number of thioether (sulfide) groups is 1. The van der Waals surface area contributed by atoms with E-state index in [0.29, 0.717) is 5.25 Å². The number of benzene rings is 1. The van der Waals surface area contributed by atoms with E-state index in [2.05, 4.69) is 24.4 Å². The summed E-state index contributed by atoms with van der Waals surface area (Å²) in [6, 6.07) is 8.22. The lowest BCUT2D eigenvalue weighted by atomic mass is 9.99. The van der Waals surface area contributed by atoms with Gasteiger partial charge in [-0.3, -0.25) is 0 Å². The van der Waals surface area contributed by atoms with Crippen LogP contribution in [0.2, 0.25) is 0 Å². The van der Waals surface area contributed by atoms with Gasteiger partial charge in [-0.1, -0.05) is 6.92 Å². The van der Waals surface area contributed by atoms with E-state index in [4.69, 9.17) is 4.74 Å². The van der Waals surface area contributed by atoms with E-state index >= 15 is 0 Å². The molecular formula is C15H23NO2S. The Balaban J connectivity index is 1.93. The van der Waals surface area contributed by atoms with Gasteiger partial charge in [0.05, 0.1) is 13.7 Å². The van der Waals surface area contributed by atoms with Crippen molar-refractivity contribution in [1.29, 1.82) is 0 Å². The molecule has 1 aliphatic carbocycles. The summed E-state index contributed by atoms with van der Waals surface area (Å²) in [5.41, 5.74) is -0.0567. The topological polar surface area (TPSA) is 41.5 Å². The molecule has 2 N–H and O–H groups in total. The third-order valence-electron chi connectivity index (χ3n) is 3.78. The third kappa shape index (κ3) is 3.65. The summed E-state index contributed by atoms with van der Waals surface area (Å²) in [6.45, 7) is 3.25. The van der Waals surface area contributed by atoms with Crippen molar-refractivity contribution in [3.63, 3.8) is 0 Å². The Morgan fingerprint density at radius 1 is 1.42 bits per heavy atom. The standard InChI is InChI=1S/C15H23NO2S/c1-3-16-15(11-17)9-8-14(10-15)19-13-6-4-12(18-2)5-7-13/h4-7,14,16-17H,3,8-11H2,1-2H3. The molecule has 19 heavy (non-hydrogen) atoms. The van der Waals surface area contributed by atoms with Crippen LogP contribution in [0.25, 0.3) is 0 Å². The maximum absolute atomic E-state index is 9.61. The number of likely N-dealkylation sites (N-methyl/N-ethyl adjacent to an activating group) is 1. The Morgan fingerprint density at radius 3 is 2.74 bits per heavy atom. The van der Waals surface area contributed by atoms with Gasteiger partial charge in [-0.25, -0.2) is 0 Å². The number of aliphatic hydroxyl groups excluding tert-OH is 1. The van der Waals surface area contributed by atoms with Crippen LogP contribution in [-0.4, -0.2) is 36.2 Å². The zero-order chi connectivity index (χ0) is 13.7. The predicted octanol–water partition coefficient (Wildman–Crippen LogP) is 2.68. The quantitative estimate of drug-likeness (QED) is 0.841. The van der Waals surface area contributed by atoms with Crippen molar-refractivity contribution < 1.29 is 9.84 Å². The van der Waals surface area contributed by atoms with Crippen molar-refractivity contribution in [3.8, 4) is 5.75 Å². The Hall–Kier alpha value is -0.710. The molecular weight excluding hydrogens is 258 g/mol. The molecule has 0 heterocycles. The molecule has 2 atom stereocenters. The summed E-state index contributed by atoms with van der Waals surface area (Å²) in [4.78, 5) is 1.27. The molecule has 0 bridgehead atoms. The van der Waals surface area contributed by atoms with Crippen LogP contribution in [0, 0.1) is 0 Å². The van der Waals surface area contributed by atoms with Gasteiger partial charge in [-0.2, -0.15) is 0 Å². The monoisotopic (exact) mass is 281 g/mol. The van der Waals surface area contributed by atoms with E-state index < -0.39 is 0 Å². The molecule has 1 saturated carbocycles. The Bertz CT molecular complexity index is 396. The third-order valence-corrected chi connectivity index (χ3v) is 5.06. The van der Waals surface area contributed by atoms with Crippen LogP contribution in [0.3, 0.4) is 0 Å². The lowest BCUT2D eigenvalue weighted by Gasteiger charge is -2.28. The maximum Gasteiger partial charge on any atom is 0.118 e. The minimum atomic E-state index is -0.0567. The highest BCUT2D eigenvalue weighted by atomic mass is 32.2. The van der Waals surface area contributed by atoms with E-state index in [1.54, 1.807) is 7.11 Å². The summed E-state index contributed by atoms with van der Waals surface area (Å²) in [6.07, 6.45) is 3.25. The van der Waals surface area contributed by atoms with Crippen molar-refractivity contribution in [3.05, 3.63) is 24.3 Å². The molecule has 0 aromatic heterocycles. The first-order chi connectivity index (χ1) is 9.21. The maximum atomic E-state index is 9.61. The average molecular weight is 281 g/mol. The lowest BCUT2D eigenvalue weighted by molar-refractivity contribution is 0.167. The zero-order valence-corrected chi connectivity index (χ0v) is 12.5. The Morgan fingerprint density at radius 2 is 2.16 bits per heavy atom. The second kappa shape index (κ2) is 6.64. The first-order valence-electron chi connectivity index (χ1n) is 6.88. The fourth-order valence-corrected chi connectivity index (χ4v) is 4.08. The summed E-state index contributed by atoms with van der Waals surface area (Å²) in [5.74, 6) is 0.896. The molecule has 3 nitrogen and oxygen atoms in total. The van der Waals surface area contributed by atoms with E-state index in [9.17, 15) is 5.11 Å². The molecule has 0 radical (unpaired) electrons. The van der Waals surface area contributed by atoms with Crippen molar-refractivity contribution in [2.45, 2.75) is 41.9 Å². The van der Waals surface area contributed by atoms with Crippen LogP contribution in [0.5, 0.6) is 5.75 Å². The van der Waals surface area contributed by atoms with Crippen molar-refractivity contribution in [2.75, 3.05) is 20.3 Å². The largest absolute Gasteiger partial charge is 0.497 e. The SMILES string of the molecule is CCNC1(CO)CCC(Sc2ccc(OC)cc2)C1. The van der Waals surface area contributed by atoms with Gasteiger partial charge in [-0.15, -0.1) is 11.8 Å². The summed E-state index contributed by atoms with van der Waals surface area (Å²) >= 11 is 1.91. The van der Waals surface area contributed by atoms with Crippen LogP contribution < -0.4 is 10.1 Å². The van der Waals surface area contributed by atoms with Gasteiger partial charge >= 0.3 is 0 Å². The second-order valence-electron chi connectivity index (χ2n) is 5.13. The minimum Gasteiger partial charge on any atom is -0.497 e. The number of methoxy groups -OCH3 is 1.